The van der Waals surface area contributed by atoms with Crippen LogP contribution in [0.15, 0.2) is 40.2 Å². The zero-order valence-electron chi connectivity index (χ0n) is 11.0. The smallest absolute Gasteiger partial charge is 0.242 e. The van der Waals surface area contributed by atoms with Crippen LogP contribution in [0.3, 0.4) is 0 Å². The minimum Gasteiger partial charge on any atom is -0.399 e. The average molecular weight is 322 g/mol. The second-order valence-electron chi connectivity index (χ2n) is 4.59. The molecule has 0 unspecified atom stereocenters. The number of nitrogens with one attached hydrogen (secondary N) is 2. The van der Waals surface area contributed by atoms with E-state index < -0.39 is 10.0 Å². The molecule has 2 aromatic heterocycles. The second kappa shape index (κ2) is 5.47. The van der Waals surface area contributed by atoms with E-state index >= 15 is 0 Å². The van der Waals surface area contributed by atoms with Crippen LogP contribution < -0.4 is 10.5 Å². The van der Waals surface area contributed by atoms with Crippen molar-refractivity contribution in [2.45, 2.75) is 11.3 Å². The van der Waals surface area contributed by atoms with E-state index in [2.05, 4.69) is 14.7 Å². The number of thiazole rings is 1. The zero-order valence-corrected chi connectivity index (χ0v) is 12.7. The summed E-state index contributed by atoms with van der Waals surface area (Å²) in [5.74, 6) is 0. The Kier molecular flexibility index (Phi) is 3.66. The van der Waals surface area contributed by atoms with Crippen LogP contribution in [-0.4, -0.2) is 24.9 Å². The molecular weight excluding hydrogens is 308 g/mol. The molecule has 3 rings (SSSR count). The topological polar surface area (TPSA) is 101 Å². The molecule has 6 nitrogen and oxygen atoms in total. The van der Waals surface area contributed by atoms with E-state index in [0.29, 0.717) is 29.6 Å². The largest absolute Gasteiger partial charge is 0.399 e. The summed E-state index contributed by atoms with van der Waals surface area (Å²) in [5.41, 5.74) is 9.59. The fourth-order valence-electron chi connectivity index (χ4n) is 2.09. The number of nitrogen functional groups attached to an aromatic ring is 1. The Morgan fingerprint density at radius 1 is 1.38 bits per heavy atom. The number of nitrogens with two attached hydrogens (primary N) is 1. The number of benzene rings is 1. The molecule has 0 amide bonds. The van der Waals surface area contributed by atoms with Crippen molar-refractivity contribution in [2.24, 2.45) is 0 Å². The quantitative estimate of drug-likeness (QED) is 0.623. The highest BCUT2D eigenvalue weighted by atomic mass is 32.2. The number of aromatic nitrogens is 2. The van der Waals surface area contributed by atoms with Gasteiger partial charge in [-0.15, -0.1) is 11.3 Å². The first-order chi connectivity index (χ1) is 10.1. The standard InChI is InChI=1S/C13H14N4O2S2/c14-9-1-2-11-12(5-9)15-6-13(11)21(18,19)17-4-3-10-7-20-8-16-10/h1-2,5-8,15,17H,3-4,14H2. The number of sulfonamides is 1. The number of fused-ring (bicyclic) bond motifs is 1. The molecule has 0 aliphatic rings. The van der Waals surface area contributed by atoms with Crippen LogP contribution >= 0.6 is 11.3 Å². The maximum Gasteiger partial charge on any atom is 0.242 e. The number of H-pyrrole nitrogens is 1. The van der Waals surface area contributed by atoms with Crippen LogP contribution in [0.4, 0.5) is 5.69 Å². The minimum atomic E-state index is -3.56. The van der Waals surface area contributed by atoms with Gasteiger partial charge in [-0.1, -0.05) is 0 Å². The Bertz CT molecular complexity index is 854. The Labute approximate surface area is 126 Å². The molecular formula is C13H14N4O2S2. The van der Waals surface area contributed by atoms with Gasteiger partial charge in [0.15, 0.2) is 0 Å². The summed E-state index contributed by atoms with van der Waals surface area (Å²) < 4.78 is 27.3. The molecule has 0 aliphatic heterocycles. The first-order valence-corrected chi connectivity index (χ1v) is 8.72. The molecule has 110 valence electrons. The van der Waals surface area contributed by atoms with E-state index in [1.54, 1.807) is 23.7 Å². The van der Waals surface area contributed by atoms with E-state index in [0.717, 1.165) is 5.69 Å². The molecule has 2 heterocycles. The van der Waals surface area contributed by atoms with Gasteiger partial charge in [0.1, 0.15) is 4.90 Å². The summed E-state index contributed by atoms with van der Waals surface area (Å²) in [6.07, 6.45) is 2.05. The highest BCUT2D eigenvalue weighted by Gasteiger charge is 2.18. The zero-order chi connectivity index (χ0) is 14.9. The molecule has 0 saturated carbocycles. The van der Waals surface area contributed by atoms with Crippen molar-refractivity contribution < 1.29 is 8.42 Å². The summed E-state index contributed by atoms with van der Waals surface area (Å²) in [4.78, 5) is 7.28. The summed E-state index contributed by atoms with van der Waals surface area (Å²) in [6, 6.07) is 5.10. The molecule has 3 aromatic rings. The van der Waals surface area contributed by atoms with Gasteiger partial charge in [0.25, 0.3) is 0 Å². The Balaban J connectivity index is 1.80. The van der Waals surface area contributed by atoms with Crippen LogP contribution in [0.5, 0.6) is 0 Å². The van der Waals surface area contributed by atoms with Crippen molar-refractivity contribution >= 4 is 38.0 Å². The van der Waals surface area contributed by atoms with Crippen LogP contribution in [0.25, 0.3) is 10.9 Å². The third-order valence-electron chi connectivity index (χ3n) is 3.11. The van der Waals surface area contributed by atoms with Gasteiger partial charge in [-0.3, -0.25) is 0 Å². The number of hydrogen-bond donors (Lipinski definition) is 3. The van der Waals surface area contributed by atoms with Crippen LogP contribution in [0, 0.1) is 0 Å². The van der Waals surface area contributed by atoms with E-state index in [1.165, 1.54) is 17.5 Å². The van der Waals surface area contributed by atoms with E-state index in [9.17, 15) is 8.42 Å². The summed E-state index contributed by atoms with van der Waals surface area (Å²) in [5, 5.41) is 2.54. The van der Waals surface area contributed by atoms with Crippen LogP contribution in [0.1, 0.15) is 5.69 Å². The lowest BCUT2D eigenvalue weighted by Gasteiger charge is -2.05. The fourth-order valence-corrected chi connectivity index (χ4v) is 3.89. The molecule has 1 aromatic carbocycles. The van der Waals surface area contributed by atoms with Crippen molar-refractivity contribution in [3.05, 3.63) is 41.0 Å². The molecule has 0 atom stereocenters. The lowest BCUT2D eigenvalue weighted by Crippen LogP contribution is -2.25. The Hall–Kier alpha value is -1.90. The maximum atomic E-state index is 12.3. The van der Waals surface area contributed by atoms with Gasteiger partial charge < -0.3 is 10.7 Å². The minimum absolute atomic E-state index is 0.232. The SMILES string of the molecule is Nc1ccc2c(S(=O)(=O)NCCc3cscn3)c[nH]c2c1. The van der Waals surface area contributed by atoms with Crippen molar-refractivity contribution in [1.29, 1.82) is 0 Å². The second-order valence-corrected chi connectivity index (χ2v) is 7.04. The molecule has 21 heavy (non-hydrogen) atoms. The number of rotatable bonds is 5. The van der Waals surface area contributed by atoms with Gasteiger partial charge in [-0.25, -0.2) is 18.1 Å². The first kappa shape index (κ1) is 14.1. The third kappa shape index (κ3) is 2.92. The fraction of sp³-hybridized carbons (Fsp3) is 0.154. The van der Waals surface area contributed by atoms with Crippen molar-refractivity contribution in [3.63, 3.8) is 0 Å². The van der Waals surface area contributed by atoms with Gasteiger partial charge in [0, 0.05) is 41.1 Å². The van der Waals surface area contributed by atoms with Gasteiger partial charge in [0.05, 0.1) is 11.2 Å². The monoisotopic (exact) mass is 322 g/mol. The molecule has 0 spiro atoms. The molecule has 0 aliphatic carbocycles. The van der Waals surface area contributed by atoms with Crippen molar-refractivity contribution in [2.75, 3.05) is 12.3 Å². The van der Waals surface area contributed by atoms with Crippen LogP contribution in [0.2, 0.25) is 0 Å². The normalized spacial score (nSPS) is 12.0. The lowest BCUT2D eigenvalue weighted by molar-refractivity contribution is 0.582. The summed E-state index contributed by atoms with van der Waals surface area (Å²) >= 11 is 1.49. The molecule has 0 radical (unpaired) electrons. The number of hydrogen-bond acceptors (Lipinski definition) is 5. The Morgan fingerprint density at radius 3 is 3.00 bits per heavy atom. The van der Waals surface area contributed by atoms with Crippen LogP contribution in [-0.2, 0) is 16.4 Å². The first-order valence-electron chi connectivity index (χ1n) is 6.29. The van der Waals surface area contributed by atoms with Gasteiger partial charge in [-0.05, 0) is 18.2 Å². The molecule has 8 heteroatoms. The molecule has 0 saturated heterocycles. The predicted octanol–water partition coefficient (Wildman–Crippen LogP) is 1.73. The number of aromatic amines is 1. The van der Waals surface area contributed by atoms with Crippen molar-refractivity contribution in [1.82, 2.24) is 14.7 Å². The van der Waals surface area contributed by atoms with Gasteiger partial charge in [-0.2, -0.15) is 0 Å². The third-order valence-corrected chi connectivity index (χ3v) is 5.25. The highest BCUT2D eigenvalue weighted by molar-refractivity contribution is 7.89. The molecule has 0 bridgehead atoms. The maximum absolute atomic E-state index is 12.3. The highest BCUT2D eigenvalue weighted by Crippen LogP contribution is 2.24. The average Bonchev–Trinajstić information content (AvgIpc) is 3.06. The van der Waals surface area contributed by atoms with E-state index in [-0.39, 0.29) is 4.90 Å². The van der Waals surface area contributed by atoms with E-state index in [4.69, 9.17) is 5.73 Å². The van der Waals surface area contributed by atoms with Gasteiger partial charge in [0.2, 0.25) is 10.0 Å². The molecule has 0 fully saturated rings. The van der Waals surface area contributed by atoms with Gasteiger partial charge >= 0.3 is 0 Å². The number of nitrogens with zero attached hydrogens (tertiary/aromatic N) is 1. The summed E-state index contributed by atoms with van der Waals surface area (Å²) in [7, 11) is -3.56. The summed E-state index contributed by atoms with van der Waals surface area (Å²) in [6.45, 7) is 0.313. The van der Waals surface area contributed by atoms with E-state index in [1.807, 2.05) is 5.38 Å². The van der Waals surface area contributed by atoms with Crippen molar-refractivity contribution in [3.8, 4) is 0 Å². The lowest BCUT2D eigenvalue weighted by atomic mass is 10.2. The Morgan fingerprint density at radius 2 is 2.24 bits per heavy atom. The molecule has 4 N–H and O–H groups in total. The predicted molar refractivity (Wildman–Crippen MR) is 83.7 cm³/mol. The number of anilines is 1.